The summed E-state index contributed by atoms with van der Waals surface area (Å²) in [7, 11) is 1.97. The van der Waals surface area contributed by atoms with Gasteiger partial charge in [-0.15, -0.1) is 0 Å². The Hall–Kier alpha value is -1.58. The molecule has 0 aliphatic heterocycles. The average molecular weight is 305 g/mol. The minimum atomic E-state index is 0.700. The van der Waals surface area contributed by atoms with Crippen molar-refractivity contribution in [2.75, 3.05) is 12.4 Å². The van der Waals surface area contributed by atoms with Gasteiger partial charge in [0.15, 0.2) is 5.11 Å². The Morgan fingerprint density at radius 1 is 1.20 bits per heavy atom. The van der Waals surface area contributed by atoms with E-state index in [1.807, 2.05) is 48.3 Å². The second kappa shape index (κ2) is 6.73. The summed E-state index contributed by atoms with van der Waals surface area (Å²) in [5.74, 6) is 0. The summed E-state index contributed by atoms with van der Waals surface area (Å²) < 4.78 is 0. The van der Waals surface area contributed by atoms with Crippen molar-refractivity contribution in [3.8, 4) is 0 Å². The van der Waals surface area contributed by atoms with Crippen LogP contribution in [0.3, 0.4) is 0 Å². The lowest BCUT2D eigenvalue weighted by Crippen LogP contribution is -2.30. The molecular weight excluding hydrogens is 288 g/mol. The van der Waals surface area contributed by atoms with E-state index in [0.29, 0.717) is 5.11 Å². The molecule has 104 valence electrons. The van der Waals surface area contributed by atoms with E-state index in [-0.39, 0.29) is 0 Å². The van der Waals surface area contributed by atoms with E-state index in [4.69, 9.17) is 23.8 Å². The second-order valence-electron chi connectivity index (χ2n) is 4.78. The SMILES string of the molecule is Cc1cccc(NC(=S)N(C)Cc2ccc(Cl)cc2)c1. The van der Waals surface area contributed by atoms with Crippen LogP contribution in [-0.4, -0.2) is 17.1 Å². The van der Waals surface area contributed by atoms with Gasteiger partial charge in [-0.2, -0.15) is 0 Å². The zero-order valence-electron chi connectivity index (χ0n) is 11.6. The van der Waals surface area contributed by atoms with Gasteiger partial charge < -0.3 is 10.2 Å². The van der Waals surface area contributed by atoms with E-state index < -0.39 is 0 Å². The molecule has 0 radical (unpaired) electrons. The number of aryl methyl sites for hydroxylation is 1. The fourth-order valence-corrected chi connectivity index (χ4v) is 2.19. The van der Waals surface area contributed by atoms with Gasteiger partial charge in [0.2, 0.25) is 0 Å². The Bertz CT molecular complexity index is 596. The average Bonchev–Trinajstić information content (AvgIpc) is 2.41. The molecule has 0 heterocycles. The Kier molecular flexibility index (Phi) is 4.99. The highest BCUT2D eigenvalue weighted by Crippen LogP contribution is 2.13. The molecule has 1 N–H and O–H groups in total. The first kappa shape index (κ1) is 14.8. The van der Waals surface area contributed by atoms with Gasteiger partial charge in [0, 0.05) is 24.3 Å². The van der Waals surface area contributed by atoms with Crippen molar-refractivity contribution in [3.05, 3.63) is 64.7 Å². The molecule has 2 nitrogen and oxygen atoms in total. The van der Waals surface area contributed by atoms with E-state index in [1.54, 1.807) is 0 Å². The van der Waals surface area contributed by atoms with Gasteiger partial charge in [0.25, 0.3) is 0 Å². The van der Waals surface area contributed by atoms with Gasteiger partial charge in [-0.1, -0.05) is 35.9 Å². The number of benzene rings is 2. The van der Waals surface area contributed by atoms with E-state index in [9.17, 15) is 0 Å². The molecule has 0 fully saturated rings. The van der Waals surface area contributed by atoms with Crippen molar-refractivity contribution < 1.29 is 0 Å². The Morgan fingerprint density at radius 2 is 1.90 bits per heavy atom. The fourth-order valence-electron chi connectivity index (χ4n) is 1.88. The molecule has 0 atom stereocenters. The maximum absolute atomic E-state index is 5.88. The topological polar surface area (TPSA) is 15.3 Å². The molecule has 4 heteroatoms. The van der Waals surface area contributed by atoms with Gasteiger partial charge in [-0.25, -0.2) is 0 Å². The number of anilines is 1. The van der Waals surface area contributed by atoms with Crippen molar-refractivity contribution in [1.82, 2.24) is 4.90 Å². The van der Waals surface area contributed by atoms with Gasteiger partial charge in [-0.05, 0) is 54.5 Å². The molecule has 0 bridgehead atoms. The van der Waals surface area contributed by atoms with Crippen LogP contribution in [-0.2, 0) is 6.54 Å². The van der Waals surface area contributed by atoms with E-state index in [0.717, 1.165) is 17.3 Å². The molecule has 20 heavy (non-hydrogen) atoms. The first-order valence-electron chi connectivity index (χ1n) is 6.38. The van der Waals surface area contributed by atoms with Crippen LogP contribution in [0.15, 0.2) is 48.5 Å². The third-order valence-electron chi connectivity index (χ3n) is 2.95. The van der Waals surface area contributed by atoms with Crippen molar-refractivity contribution in [2.24, 2.45) is 0 Å². The molecule has 2 rings (SSSR count). The van der Waals surface area contributed by atoms with Gasteiger partial charge in [0.05, 0.1) is 0 Å². The normalized spacial score (nSPS) is 10.2. The number of halogens is 1. The van der Waals surface area contributed by atoms with Crippen LogP contribution in [0.2, 0.25) is 5.02 Å². The molecular formula is C16H17ClN2S. The maximum atomic E-state index is 5.88. The van der Waals surface area contributed by atoms with E-state index in [1.165, 1.54) is 11.1 Å². The van der Waals surface area contributed by atoms with Crippen LogP contribution in [0.25, 0.3) is 0 Å². The molecule has 0 amide bonds. The highest BCUT2D eigenvalue weighted by molar-refractivity contribution is 7.80. The fraction of sp³-hybridized carbons (Fsp3) is 0.188. The lowest BCUT2D eigenvalue weighted by atomic mass is 10.2. The molecule has 2 aromatic rings. The Balaban J connectivity index is 1.96. The number of nitrogens with zero attached hydrogens (tertiary/aromatic N) is 1. The summed E-state index contributed by atoms with van der Waals surface area (Å²) in [5.41, 5.74) is 3.39. The number of nitrogens with one attached hydrogen (secondary N) is 1. The van der Waals surface area contributed by atoms with E-state index in [2.05, 4.69) is 24.4 Å². The number of rotatable bonds is 3. The van der Waals surface area contributed by atoms with Crippen molar-refractivity contribution in [1.29, 1.82) is 0 Å². The molecule has 0 saturated carbocycles. The van der Waals surface area contributed by atoms with Gasteiger partial charge >= 0.3 is 0 Å². The predicted molar refractivity (Wildman–Crippen MR) is 90.3 cm³/mol. The zero-order valence-corrected chi connectivity index (χ0v) is 13.1. The van der Waals surface area contributed by atoms with Crippen LogP contribution >= 0.6 is 23.8 Å². The zero-order chi connectivity index (χ0) is 14.5. The van der Waals surface area contributed by atoms with Crippen LogP contribution in [0.4, 0.5) is 5.69 Å². The third kappa shape index (κ3) is 4.22. The van der Waals surface area contributed by atoms with E-state index >= 15 is 0 Å². The number of thiocarbonyl (C=S) groups is 1. The summed E-state index contributed by atoms with van der Waals surface area (Å²) >= 11 is 11.3. The van der Waals surface area contributed by atoms with Gasteiger partial charge in [-0.3, -0.25) is 0 Å². The standard InChI is InChI=1S/C16H17ClN2S/c1-12-4-3-5-15(10-12)18-16(20)19(2)11-13-6-8-14(17)9-7-13/h3-10H,11H2,1-2H3,(H,18,20). The maximum Gasteiger partial charge on any atom is 0.173 e. The molecule has 0 spiro atoms. The largest absolute Gasteiger partial charge is 0.348 e. The first-order chi connectivity index (χ1) is 9.54. The van der Waals surface area contributed by atoms with Crippen LogP contribution in [0.5, 0.6) is 0 Å². The lowest BCUT2D eigenvalue weighted by Gasteiger charge is -2.21. The minimum Gasteiger partial charge on any atom is -0.348 e. The van der Waals surface area contributed by atoms with Gasteiger partial charge in [0.1, 0.15) is 0 Å². The summed E-state index contributed by atoms with van der Waals surface area (Å²) in [5, 5.41) is 4.69. The first-order valence-corrected chi connectivity index (χ1v) is 7.16. The van der Waals surface area contributed by atoms with Crippen molar-refractivity contribution >= 4 is 34.6 Å². The summed E-state index contributed by atoms with van der Waals surface area (Å²) in [6, 6.07) is 16.0. The number of hydrogen-bond acceptors (Lipinski definition) is 1. The smallest absolute Gasteiger partial charge is 0.173 e. The predicted octanol–water partition coefficient (Wildman–Crippen LogP) is 4.48. The third-order valence-corrected chi connectivity index (χ3v) is 3.61. The summed E-state index contributed by atoms with van der Waals surface area (Å²) in [6.07, 6.45) is 0. The molecule has 0 unspecified atom stereocenters. The minimum absolute atomic E-state index is 0.700. The quantitative estimate of drug-likeness (QED) is 0.842. The summed E-state index contributed by atoms with van der Waals surface area (Å²) in [6.45, 7) is 2.81. The molecule has 0 aromatic heterocycles. The van der Waals surface area contributed by atoms with Crippen molar-refractivity contribution in [3.63, 3.8) is 0 Å². The number of hydrogen-bond donors (Lipinski definition) is 1. The summed E-state index contributed by atoms with van der Waals surface area (Å²) in [4.78, 5) is 2.00. The molecule has 2 aromatic carbocycles. The van der Waals surface area contributed by atoms with Crippen molar-refractivity contribution in [2.45, 2.75) is 13.5 Å². The van der Waals surface area contributed by atoms with Crippen LogP contribution < -0.4 is 5.32 Å². The highest BCUT2D eigenvalue weighted by atomic mass is 35.5. The molecule has 0 aliphatic carbocycles. The highest BCUT2D eigenvalue weighted by Gasteiger charge is 2.05. The Labute approximate surface area is 130 Å². The molecule has 0 aliphatic rings. The molecule has 0 saturated heterocycles. The van der Waals surface area contributed by atoms with Crippen LogP contribution in [0, 0.1) is 6.92 Å². The second-order valence-corrected chi connectivity index (χ2v) is 5.61. The Morgan fingerprint density at radius 3 is 2.55 bits per heavy atom. The lowest BCUT2D eigenvalue weighted by molar-refractivity contribution is 0.508. The monoisotopic (exact) mass is 304 g/mol. The van der Waals surface area contributed by atoms with Crippen LogP contribution in [0.1, 0.15) is 11.1 Å².